The third-order valence-corrected chi connectivity index (χ3v) is 6.09. The third kappa shape index (κ3) is 4.47. The molecule has 1 saturated carbocycles. The summed E-state index contributed by atoms with van der Waals surface area (Å²) < 4.78 is 5.66. The first-order chi connectivity index (χ1) is 12.4. The number of hydrogen-bond acceptors (Lipinski definition) is 3. The van der Waals surface area contributed by atoms with Crippen LogP contribution in [0.5, 0.6) is 5.75 Å². The molecule has 0 unspecified atom stereocenters. The van der Waals surface area contributed by atoms with Crippen molar-refractivity contribution in [2.24, 2.45) is 0 Å². The quantitative estimate of drug-likeness (QED) is 0.771. The summed E-state index contributed by atoms with van der Waals surface area (Å²) in [6.07, 6.45) is 4.78. The highest BCUT2D eigenvalue weighted by atomic mass is 32.1. The van der Waals surface area contributed by atoms with E-state index < -0.39 is 0 Å². The minimum atomic E-state index is -0.0496. The molecule has 0 bridgehead atoms. The molecule has 1 N–H and O–H groups in total. The summed E-state index contributed by atoms with van der Waals surface area (Å²) in [6, 6.07) is 10.2. The maximum atomic E-state index is 12.3. The van der Waals surface area contributed by atoms with Crippen molar-refractivity contribution in [1.29, 1.82) is 0 Å². The molecule has 1 aliphatic rings. The standard InChI is InChI=1S/C22H29NO2S/c1-21(2,3)17-6-8-19(9-7-17)25-14-20(24)23-16-22(11-4-5-12-22)18-10-13-26-15-18/h6-10,13,15H,4-5,11-12,14,16H2,1-3H3,(H,23,24). The van der Waals surface area contributed by atoms with Crippen LogP contribution >= 0.6 is 11.3 Å². The molecule has 3 nitrogen and oxygen atoms in total. The second-order valence-corrected chi connectivity index (χ2v) is 9.12. The summed E-state index contributed by atoms with van der Waals surface area (Å²) in [5.41, 5.74) is 2.87. The zero-order chi connectivity index (χ0) is 18.6. The molecule has 0 spiro atoms. The number of hydrogen-bond donors (Lipinski definition) is 1. The van der Waals surface area contributed by atoms with Gasteiger partial charge in [0.15, 0.2) is 6.61 Å². The highest BCUT2D eigenvalue weighted by molar-refractivity contribution is 7.08. The van der Waals surface area contributed by atoms with Gasteiger partial charge in [-0.05, 0) is 58.3 Å². The Balaban J connectivity index is 1.51. The van der Waals surface area contributed by atoms with Crippen molar-refractivity contribution in [3.8, 4) is 5.75 Å². The number of carbonyl (C=O) groups excluding carboxylic acids is 1. The van der Waals surface area contributed by atoms with Gasteiger partial charge in [-0.3, -0.25) is 4.79 Å². The normalized spacial score (nSPS) is 16.4. The van der Waals surface area contributed by atoms with E-state index in [1.54, 1.807) is 11.3 Å². The third-order valence-electron chi connectivity index (χ3n) is 5.41. The maximum Gasteiger partial charge on any atom is 0.257 e. The van der Waals surface area contributed by atoms with Crippen molar-refractivity contribution in [1.82, 2.24) is 5.32 Å². The highest BCUT2D eigenvalue weighted by Crippen LogP contribution is 2.41. The monoisotopic (exact) mass is 371 g/mol. The van der Waals surface area contributed by atoms with Crippen molar-refractivity contribution < 1.29 is 9.53 Å². The van der Waals surface area contributed by atoms with Gasteiger partial charge in [0.25, 0.3) is 5.91 Å². The lowest BCUT2D eigenvalue weighted by Crippen LogP contribution is -2.40. The molecule has 0 aliphatic heterocycles. The van der Waals surface area contributed by atoms with Gasteiger partial charge in [0.05, 0.1) is 0 Å². The summed E-state index contributed by atoms with van der Waals surface area (Å²) in [6.45, 7) is 7.32. The fraction of sp³-hybridized carbons (Fsp3) is 0.500. The molecule has 4 heteroatoms. The largest absolute Gasteiger partial charge is 0.484 e. The van der Waals surface area contributed by atoms with Gasteiger partial charge in [-0.1, -0.05) is 45.7 Å². The maximum absolute atomic E-state index is 12.3. The summed E-state index contributed by atoms with van der Waals surface area (Å²) >= 11 is 1.73. The van der Waals surface area contributed by atoms with Crippen LogP contribution < -0.4 is 10.1 Å². The Morgan fingerprint density at radius 3 is 2.42 bits per heavy atom. The number of carbonyl (C=O) groups is 1. The lowest BCUT2D eigenvalue weighted by atomic mass is 9.80. The Morgan fingerprint density at radius 2 is 1.85 bits per heavy atom. The van der Waals surface area contributed by atoms with E-state index in [1.807, 2.05) is 12.1 Å². The lowest BCUT2D eigenvalue weighted by molar-refractivity contribution is -0.123. The fourth-order valence-corrected chi connectivity index (χ4v) is 4.48. The predicted molar refractivity (Wildman–Crippen MR) is 108 cm³/mol. The molecule has 0 atom stereocenters. The summed E-state index contributed by atoms with van der Waals surface area (Å²) in [5.74, 6) is 0.688. The van der Waals surface area contributed by atoms with E-state index in [4.69, 9.17) is 4.74 Å². The Bertz CT molecular complexity index is 708. The first-order valence-corrected chi connectivity index (χ1v) is 10.4. The summed E-state index contributed by atoms with van der Waals surface area (Å²) in [5, 5.41) is 7.45. The van der Waals surface area contributed by atoms with Crippen LogP contribution in [0.3, 0.4) is 0 Å². The molecule has 3 rings (SSSR count). The van der Waals surface area contributed by atoms with Gasteiger partial charge >= 0.3 is 0 Å². The molecule has 1 amide bonds. The van der Waals surface area contributed by atoms with Crippen molar-refractivity contribution in [2.75, 3.05) is 13.2 Å². The molecule has 1 aromatic carbocycles. The van der Waals surface area contributed by atoms with Gasteiger partial charge in [-0.25, -0.2) is 0 Å². The van der Waals surface area contributed by atoms with Gasteiger partial charge in [-0.15, -0.1) is 0 Å². The van der Waals surface area contributed by atoms with Crippen LogP contribution in [0, 0.1) is 0 Å². The molecule has 2 aromatic rings. The van der Waals surface area contributed by atoms with Crippen LogP contribution in [0.4, 0.5) is 0 Å². The summed E-state index contributed by atoms with van der Waals surface area (Å²) in [7, 11) is 0. The van der Waals surface area contributed by atoms with Gasteiger partial charge in [0.1, 0.15) is 5.75 Å². The Morgan fingerprint density at radius 1 is 1.15 bits per heavy atom. The molecule has 1 fully saturated rings. The first kappa shape index (κ1) is 19.0. The van der Waals surface area contributed by atoms with Crippen LogP contribution in [0.15, 0.2) is 41.1 Å². The highest BCUT2D eigenvalue weighted by Gasteiger charge is 2.36. The zero-order valence-corrected chi connectivity index (χ0v) is 16.8. The van der Waals surface area contributed by atoms with Gasteiger partial charge in [0, 0.05) is 12.0 Å². The minimum Gasteiger partial charge on any atom is -0.484 e. The van der Waals surface area contributed by atoms with Gasteiger partial charge < -0.3 is 10.1 Å². The smallest absolute Gasteiger partial charge is 0.257 e. The van der Waals surface area contributed by atoms with Crippen LogP contribution in [0.1, 0.15) is 57.6 Å². The molecular formula is C22H29NO2S. The number of thiophene rings is 1. The fourth-order valence-electron chi connectivity index (χ4n) is 3.70. The topological polar surface area (TPSA) is 38.3 Å². The average molecular weight is 372 g/mol. The summed E-state index contributed by atoms with van der Waals surface area (Å²) in [4.78, 5) is 12.3. The van der Waals surface area contributed by atoms with E-state index in [9.17, 15) is 4.79 Å². The molecular weight excluding hydrogens is 342 g/mol. The second kappa shape index (κ2) is 7.83. The molecule has 140 valence electrons. The zero-order valence-electron chi connectivity index (χ0n) is 16.0. The van der Waals surface area contributed by atoms with Gasteiger partial charge in [0.2, 0.25) is 0 Å². The van der Waals surface area contributed by atoms with Crippen molar-refractivity contribution in [2.45, 2.75) is 57.3 Å². The molecule has 26 heavy (non-hydrogen) atoms. The molecule has 1 aromatic heterocycles. The number of rotatable bonds is 6. The molecule has 0 radical (unpaired) electrons. The SMILES string of the molecule is CC(C)(C)c1ccc(OCC(=O)NCC2(c3ccsc3)CCCC2)cc1. The Kier molecular flexibility index (Phi) is 5.71. The van der Waals surface area contributed by atoms with E-state index >= 15 is 0 Å². The second-order valence-electron chi connectivity index (χ2n) is 8.34. The number of amides is 1. The molecule has 0 saturated heterocycles. The van der Waals surface area contributed by atoms with E-state index in [1.165, 1.54) is 24.0 Å². The van der Waals surface area contributed by atoms with Crippen molar-refractivity contribution in [3.05, 3.63) is 52.2 Å². The Labute approximate surface area is 160 Å². The lowest BCUT2D eigenvalue weighted by Gasteiger charge is -2.28. The van der Waals surface area contributed by atoms with Crippen molar-refractivity contribution >= 4 is 17.2 Å². The van der Waals surface area contributed by atoms with E-state index in [0.29, 0.717) is 6.54 Å². The van der Waals surface area contributed by atoms with Crippen LogP contribution in [-0.2, 0) is 15.6 Å². The molecule has 1 aliphatic carbocycles. The number of benzene rings is 1. The van der Waals surface area contributed by atoms with Crippen LogP contribution in [0.2, 0.25) is 0 Å². The first-order valence-electron chi connectivity index (χ1n) is 9.42. The van der Waals surface area contributed by atoms with E-state index in [0.717, 1.165) is 18.6 Å². The minimum absolute atomic E-state index is 0.0496. The Hall–Kier alpha value is -1.81. The molecule has 1 heterocycles. The van der Waals surface area contributed by atoms with Crippen LogP contribution in [0.25, 0.3) is 0 Å². The van der Waals surface area contributed by atoms with Crippen LogP contribution in [-0.4, -0.2) is 19.1 Å². The predicted octanol–water partition coefficient (Wildman–Crippen LogP) is 5.05. The van der Waals surface area contributed by atoms with Crippen molar-refractivity contribution in [3.63, 3.8) is 0 Å². The van der Waals surface area contributed by atoms with Gasteiger partial charge in [-0.2, -0.15) is 11.3 Å². The number of ether oxygens (including phenoxy) is 1. The average Bonchev–Trinajstić information content (AvgIpc) is 3.30. The van der Waals surface area contributed by atoms with E-state index in [-0.39, 0.29) is 23.3 Å². The number of nitrogens with one attached hydrogen (secondary N) is 1. The van der Waals surface area contributed by atoms with E-state index in [2.05, 4.69) is 55.0 Å².